The van der Waals surface area contributed by atoms with E-state index in [1.807, 2.05) is 0 Å². The highest BCUT2D eigenvalue weighted by Crippen LogP contribution is 2.19. The van der Waals surface area contributed by atoms with Crippen LogP contribution >= 0.6 is 0 Å². The molecule has 0 heterocycles. The number of carbonyl (C=O) groups is 1. The van der Waals surface area contributed by atoms with Gasteiger partial charge in [-0.1, -0.05) is 346 Å². The van der Waals surface area contributed by atoms with Crippen LogP contribution in [0.15, 0.2) is 36.5 Å². The molecule has 0 radical (unpaired) electrons. The third kappa shape index (κ3) is 59.2. The van der Waals surface area contributed by atoms with Crippen LogP contribution < -0.4 is 5.32 Å². The third-order valence-electron chi connectivity index (χ3n) is 16.8. The van der Waals surface area contributed by atoms with Gasteiger partial charge >= 0.3 is 0 Å². The summed E-state index contributed by atoms with van der Waals surface area (Å²) in [6.45, 7) is 4.09. The Morgan fingerprint density at radius 1 is 0.308 bits per heavy atom. The Morgan fingerprint density at radius 2 is 0.538 bits per heavy atom. The highest BCUT2D eigenvalue weighted by molar-refractivity contribution is 5.80. The summed E-state index contributed by atoms with van der Waals surface area (Å²) in [5, 5.41) is 44.1. The van der Waals surface area contributed by atoms with Crippen LogP contribution in [0.4, 0.5) is 0 Å². The molecule has 0 aliphatic heterocycles. The molecule has 0 saturated carbocycles. The van der Waals surface area contributed by atoms with Crippen LogP contribution in [0.2, 0.25) is 0 Å². The average Bonchev–Trinajstić information content (AvgIpc) is 3.45. The molecule has 0 fully saturated rings. The van der Waals surface area contributed by atoms with Gasteiger partial charge in [0.25, 0.3) is 0 Å². The van der Waals surface area contributed by atoms with E-state index in [2.05, 4.69) is 55.6 Å². The number of hydrogen-bond acceptors (Lipinski definition) is 5. The summed E-state index contributed by atoms with van der Waals surface area (Å²) in [5.74, 6) is -0.591. The van der Waals surface area contributed by atoms with Gasteiger partial charge in [0, 0.05) is 0 Å². The van der Waals surface area contributed by atoms with Gasteiger partial charge in [0.1, 0.15) is 12.2 Å². The number of nitrogens with one attached hydrogen (secondary N) is 1. The van der Waals surface area contributed by atoms with E-state index >= 15 is 0 Å². The molecule has 0 spiro atoms. The molecule has 0 aliphatic rings. The molecule has 0 saturated heterocycles. The molecule has 4 unspecified atom stereocenters. The summed E-state index contributed by atoms with van der Waals surface area (Å²) >= 11 is 0. The second-order valence-electron chi connectivity index (χ2n) is 24.6. The molecule has 0 aromatic rings. The smallest absolute Gasteiger partial charge is 0.249 e. The van der Waals surface area contributed by atoms with E-state index in [-0.39, 0.29) is 0 Å². The van der Waals surface area contributed by atoms with Crippen molar-refractivity contribution in [3.63, 3.8) is 0 Å². The van der Waals surface area contributed by atoms with Gasteiger partial charge in [0.05, 0.1) is 18.8 Å². The zero-order valence-electron chi connectivity index (χ0n) is 52.7. The van der Waals surface area contributed by atoms with E-state index in [0.29, 0.717) is 19.3 Å². The molecule has 0 aromatic heterocycles. The van der Waals surface area contributed by atoms with E-state index < -0.39 is 36.9 Å². The standard InChI is InChI=1S/C72H139NO5/c1-3-5-7-9-11-13-15-17-19-21-23-25-27-29-30-31-32-33-34-35-36-37-38-39-40-41-42-44-46-48-50-52-54-56-58-60-62-64-66-70(76)72(78)73-68(67-74)71(77)69(75)65-63-61-59-57-55-53-51-49-47-45-43-28-26-24-22-20-18-16-14-12-10-8-6-4-2/h35-36,49,51,57,59,68-71,74-77H,3-34,37-48,50,52-56,58,60-67H2,1-2H3,(H,73,78)/b36-35-,51-49+,59-57+. The number of aliphatic hydroxyl groups is 4. The van der Waals surface area contributed by atoms with E-state index in [0.717, 1.165) is 38.5 Å². The van der Waals surface area contributed by atoms with E-state index in [9.17, 15) is 25.2 Å². The number of amides is 1. The fourth-order valence-corrected chi connectivity index (χ4v) is 11.3. The lowest BCUT2D eigenvalue weighted by molar-refractivity contribution is -0.132. The second-order valence-corrected chi connectivity index (χ2v) is 24.6. The fourth-order valence-electron chi connectivity index (χ4n) is 11.3. The van der Waals surface area contributed by atoms with Crippen molar-refractivity contribution in [2.45, 2.75) is 411 Å². The molecule has 0 bridgehead atoms. The van der Waals surface area contributed by atoms with Crippen LogP contribution in [-0.4, -0.2) is 57.3 Å². The van der Waals surface area contributed by atoms with Crippen molar-refractivity contribution in [3.05, 3.63) is 36.5 Å². The van der Waals surface area contributed by atoms with Crippen molar-refractivity contribution in [2.75, 3.05) is 6.61 Å². The summed E-state index contributed by atoms with van der Waals surface area (Å²) in [4.78, 5) is 12.7. The van der Waals surface area contributed by atoms with Crippen molar-refractivity contribution in [1.82, 2.24) is 5.32 Å². The van der Waals surface area contributed by atoms with Gasteiger partial charge in [-0.2, -0.15) is 0 Å². The number of unbranched alkanes of at least 4 members (excludes halogenated alkanes) is 51. The molecule has 5 N–H and O–H groups in total. The van der Waals surface area contributed by atoms with E-state index in [4.69, 9.17) is 0 Å². The van der Waals surface area contributed by atoms with Gasteiger partial charge in [0.2, 0.25) is 5.91 Å². The average molecular weight is 1100 g/mol. The number of carbonyl (C=O) groups excluding carboxylic acids is 1. The van der Waals surface area contributed by atoms with Gasteiger partial charge in [-0.15, -0.1) is 0 Å². The molecule has 0 rings (SSSR count). The van der Waals surface area contributed by atoms with Gasteiger partial charge in [-0.05, 0) is 77.0 Å². The number of aliphatic hydroxyl groups excluding tert-OH is 4. The summed E-state index contributed by atoms with van der Waals surface area (Å²) in [6, 6.07) is -1.01. The fraction of sp³-hybridized carbons (Fsp3) is 0.903. The van der Waals surface area contributed by atoms with Crippen LogP contribution in [0.1, 0.15) is 386 Å². The number of rotatable bonds is 66. The summed E-state index contributed by atoms with van der Waals surface area (Å²) in [6.07, 6.45) is 85.7. The van der Waals surface area contributed by atoms with Crippen molar-refractivity contribution < 1.29 is 25.2 Å². The lowest BCUT2D eigenvalue weighted by Crippen LogP contribution is -2.53. The Hall–Kier alpha value is -1.47. The molecule has 0 aliphatic carbocycles. The quantitative estimate of drug-likeness (QED) is 0.0308. The Bertz CT molecular complexity index is 1230. The zero-order chi connectivity index (χ0) is 56.6. The molecule has 0 aromatic carbocycles. The maximum Gasteiger partial charge on any atom is 0.249 e. The van der Waals surface area contributed by atoms with Crippen LogP contribution in [0.5, 0.6) is 0 Å². The second kappa shape index (κ2) is 66.3. The summed E-state index contributed by atoms with van der Waals surface area (Å²) in [7, 11) is 0. The van der Waals surface area contributed by atoms with Crippen LogP contribution in [0.3, 0.4) is 0 Å². The van der Waals surface area contributed by atoms with Gasteiger partial charge in [-0.25, -0.2) is 0 Å². The van der Waals surface area contributed by atoms with Crippen molar-refractivity contribution in [1.29, 1.82) is 0 Å². The Morgan fingerprint density at radius 3 is 0.808 bits per heavy atom. The molecule has 6 heteroatoms. The lowest BCUT2D eigenvalue weighted by atomic mass is 10.00. The van der Waals surface area contributed by atoms with Gasteiger partial charge in [0.15, 0.2) is 0 Å². The maximum absolute atomic E-state index is 12.7. The number of allylic oxidation sites excluding steroid dienone is 6. The van der Waals surface area contributed by atoms with Crippen LogP contribution in [0, 0.1) is 0 Å². The SMILES string of the molecule is CCCCCCCCCCCCCCCCC/C=C/CC/C=C/CCCC(O)C(O)C(CO)NC(=O)C(O)CCCCCCCCCCCCCCCCCC/C=C\CCCCCCCCCCCCCCCCCCCC. The molecule has 462 valence electrons. The van der Waals surface area contributed by atoms with E-state index in [1.165, 1.54) is 315 Å². The minimum atomic E-state index is -1.29. The highest BCUT2D eigenvalue weighted by Gasteiger charge is 2.28. The Balaban J connectivity index is 3.55. The Labute approximate surface area is 487 Å². The maximum atomic E-state index is 12.7. The predicted molar refractivity (Wildman–Crippen MR) is 344 cm³/mol. The first kappa shape index (κ1) is 76.5. The monoisotopic (exact) mass is 1100 g/mol. The van der Waals surface area contributed by atoms with Gasteiger partial charge in [-0.3, -0.25) is 4.79 Å². The van der Waals surface area contributed by atoms with Crippen LogP contribution in [0.25, 0.3) is 0 Å². The van der Waals surface area contributed by atoms with Crippen molar-refractivity contribution in [2.24, 2.45) is 0 Å². The molecule has 78 heavy (non-hydrogen) atoms. The number of hydrogen-bond donors (Lipinski definition) is 5. The largest absolute Gasteiger partial charge is 0.394 e. The van der Waals surface area contributed by atoms with Gasteiger partial charge < -0.3 is 25.7 Å². The predicted octanol–water partition coefficient (Wildman–Crippen LogP) is 21.9. The molecule has 4 atom stereocenters. The first-order chi connectivity index (χ1) is 38.5. The zero-order valence-corrected chi connectivity index (χ0v) is 52.7. The first-order valence-corrected chi connectivity index (χ1v) is 35.4. The topological polar surface area (TPSA) is 110 Å². The first-order valence-electron chi connectivity index (χ1n) is 35.4. The summed E-state index contributed by atoms with van der Waals surface area (Å²) in [5.41, 5.74) is 0. The lowest BCUT2D eigenvalue weighted by Gasteiger charge is -2.27. The summed E-state index contributed by atoms with van der Waals surface area (Å²) < 4.78 is 0. The minimum absolute atomic E-state index is 0.362. The highest BCUT2D eigenvalue weighted by atomic mass is 16.3. The third-order valence-corrected chi connectivity index (χ3v) is 16.8. The van der Waals surface area contributed by atoms with E-state index in [1.54, 1.807) is 0 Å². The normalized spacial score (nSPS) is 13.7. The minimum Gasteiger partial charge on any atom is -0.394 e. The van der Waals surface area contributed by atoms with Crippen molar-refractivity contribution in [3.8, 4) is 0 Å². The molecule has 6 nitrogen and oxygen atoms in total. The van der Waals surface area contributed by atoms with Crippen molar-refractivity contribution >= 4 is 5.91 Å². The molecular formula is C72H139NO5. The molecule has 1 amide bonds. The Kier molecular flexibility index (Phi) is 65.1. The molecular weight excluding hydrogens is 959 g/mol. The van der Waals surface area contributed by atoms with Crippen LogP contribution in [-0.2, 0) is 4.79 Å².